The highest BCUT2D eigenvalue weighted by Gasteiger charge is 2.36. The number of methoxy groups -OCH3 is 2. The quantitative estimate of drug-likeness (QED) is 0.197. The van der Waals surface area contributed by atoms with Crippen molar-refractivity contribution in [1.29, 1.82) is 0 Å². The number of nitrogens with one attached hydrogen (secondary N) is 2. The molecule has 1 aromatic rings. The average Bonchev–Trinajstić information content (AvgIpc) is 2.66. The zero-order chi connectivity index (χ0) is 19.4. The largest absolute Gasteiger partial charge is 0.475 e. The van der Waals surface area contributed by atoms with Crippen molar-refractivity contribution in [2.24, 2.45) is 10.4 Å². The Morgan fingerprint density at radius 3 is 2.61 bits per heavy atom. The maximum atomic E-state index is 5.69. The summed E-state index contributed by atoms with van der Waals surface area (Å²) in [5.41, 5.74) is 1.30. The van der Waals surface area contributed by atoms with E-state index >= 15 is 0 Å². The van der Waals surface area contributed by atoms with Gasteiger partial charge in [0.05, 0.1) is 13.2 Å². The lowest BCUT2D eigenvalue weighted by atomic mass is 9.67. The Bertz CT molecular complexity index is 582. The van der Waals surface area contributed by atoms with Crippen molar-refractivity contribution in [2.45, 2.75) is 39.2 Å². The average molecular weight is 506 g/mol. The van der Waals surface area contributed by atoms with Crippen LogP contribution in [0.3, 0.4) is 0 Å². The fraction of sp³-hybridized carbons (Fsp3) is 0.700. The van der Waals surface area contributed by atoms with Crippen molar-refractivity contribution in [3.63, 3.8) is 0 Å². The molecule has 2 rings (SSSR count). The van der Waals surface area contributed by atoms with E-state index in [2.05, 4.69) is 22.5 Å². The molecule has 0 atom stereocenters. The van der Waals surface area contributed by atoms with E-state index in [1.165, 1.54) is 19.3 Å². The van der Waals surface area contributed by atoms with Gasteiger partial charge in [0.2, 0.25) is 5.88 Å². The smallest absolute Gasteiger partial charge is 0.218 e. The van der Waals surface area contributed by atoms with E-state index in [9.17, 15) is 0 Å². The number of aromatic nitrogens is 1. The second-order valence-electron chi connectivity index (χ2n) is 6.95. The molecule has 0 aromatic carbocycles. The van der Waals surface area contributed by atoms with Gasteiger partial charge >= 0.3 is 0 Å². The number of hydrogen-bond acceptors (Lipinski definition) is 5. The fourth-order valence-corrected chi connectivity index (χ4v) is 3.18. The molecule has 0 bridgehead atoms. The van der Waals surface area contributed by atoms with Crippen molar-refractivity contribution in [3.05, 3.63) is 23.9 Å². The number of halogens is 1. The fourth-order valence-electron chi connectivity index (χ4n) is 3.18. The summed E-state index contributed by atoms with van der Waals surface area (Å²) in [5.74, 6) is 1.44. The van der Waals surface area contributed by atoms with E-state index < -0.39 is 0 Å². The lowest BCUT2D eigenvalue weighted by molar-refractivity contribution is 0.0732. The first-order chi connectivity index (χ1) is 13.2. The van der Waals surface area contributed by atoms with Crippen LogP contribution in [0.15, 0.2) is 23.3 Å². The molecular weight excluding hydrogens is 471 g/mol. The number of rotatable bonds is 12. The molecule has 0 radical (unpaired) electrons. The zero-order valence-corrected chi connectivity index (χ0v) is 19.7. The molecule has 1 aliphatic carbocycles. The molecule has 160 valence electrons. The Labute approximate surface area is 186 Å². The van der Waals surface area contributed by atoms with Gasteiger partial charge in [-0.3, -0.25) is 0 Å². The molecule has 7 nitrogen and oxygen atoms in total. The maximum absolute atomic E-state index is 5.69. The van der Waals surface area contributed by atoms with Crippen LogP contribution in [0.1, 0.15) is 38.2 Å². The van der Waals surface area contributed by atoms with Crippen LogP contribution >= 0.6 is 24.0 Å². The van der Waals surface area contributed by atoms with Crippen LogP contribution < -0.4 is 15.4 Å². The van der Waals surface area contributed by atoms with Gasteiger partial charge in [-0.2, -0.15) is 0 Å². The van der Waals surface area contributed by atoms with E-state index in [1.54, 1.807) is 20.4 Å². The van der Waals surface area contributed by atoms with Gasteiger partial charge in [-0.15, -0.1) is 24.0 Å². The van der Waals surface area contributed by atoms with Crippen LogP contribution in [-0.2, 0) is 16.0 Å². The zero-order valence-electron chi connectivity index (χ0n) is 17.3. The number of pyridine rings is 1. The van der Waals surface area contributed by atoms with Crippen LogP contribution in [0.4, 0.5) is 0 Å². The van der Waals surface area contributed by atoms with E-state index in [-0.39, 0.29) is 24.0 Å². The van der Waals surface area contributed by atoms with E-state index in [1.807, 2.05) is 12.1 Å². The number of guanidine groups is 1. The Morgan fingerprint density at radius 1 is 1.18 bits per heavy atom. The first-order valence-electron chi connectivity index (χ1n) is 9.80. The molecule has 1 saturated carbocycles. The Hall–Kier alpha value is -1.13. The van der Waals surface area contributed by atoms with Crippen LogP contribution in [-0.4, -0.2) is 58.1 Å². The third-order valence-corrected chi connectivity index (χ3v) is 5.01. The van der Waals surface area contributed by atoms with Crippen molar-refractivity contribution in [3.8, 4) is 5.88 Å². The summed E-state index contributed by atoms with van der Waals surface area (Å²) in [6, 6.07) is 3.90. The highest BCUT2D eigenvalue weighted by molar-refractivity contribution is 14.0. The van der Waals surface area contributed by atoms with Gasteiger partial charge in [0.25, 0.3) is 0 Å². The number of hydrogen-bond donors (Lipinski definition) is 2. The molecule has 1 fully saturated rings. The summed E-state index contributed by atoms with van der Waals surface area (Å²) in [7, 11) is 3.42. The summed E-state index contributed by atoms with van der Waals surface area (Å²) in [6.45, 7) is 6.15. The molecule has 1 aromatic heterocycles. The molecule has 0 saturated heterocycles. The molecule has 0 spiro atoms. The standard InChI is InChI=1S/C20H34N4O3.HI/c1-4-21-19(24-16-20(8-6-9-20)10-12-25-2)23-15-17-7-5-11-22-18(17)27-14-13-26-3;/h5,7,11H,4,6,8-10,12-16H2,1-3H3,(H2,21,23,24);1H. The SMILES string of the molecule is CCNC(=NCc1cccnc1OCCOC)NCC1(CCOC)CCC1.I. The summed E-state index contributed by atoms with van der Waals surface area (Å²) < 4.78 is 16.0. The molecule has 0 unspecified atom stereocenters. The van der Waals surface area contributed by atoms with Crippen LogP contribution in [0.2, 0.25) is 0 Å². The maximum Gasteiger partial charge on any atom is 0.218 e. The lowest BCUT2D eigenvalue weighted by Crippen LogP contribution is -2.47. The number of ether oxygens (including phenoxy) is 3. The summed E-state index contributed by atoms with van der Waals surface area (Å²) in [4.78, 5) is 9.04. The van der Waals surface area contributed by atoms with E-state index in [0.29, 0.717) is 31.1 Å². The topological polar surface area (TPSA) is 77.0 Å². The van der Waals surface area contributed by atoms with Crippen LogP contribution in [0, 0.1) is 5.41 Å². The monoisotopic (exact) mass is 506 g/mol. The minimum atomic E-state index is 0. The normalized spacial score (nSPS) is 15.3. The third-order valence-electron chi connectivity index (χ3n) is 5.01. The molecule has 0 amide bonds. The molecule has 2 N–H and O–H groups in total. The molecule has 1 heterocycles. The Balaban J connectivity index is 0.00000392. The number of aliphatic imine (C=N–C) groups is 1. The predicted octanol–water partition coefficient (Wildman–Crippen LogP) is 2.99. The highest BCUT2D eigenvalue weighted by Crippen LogP contribution is 2.43. The minimum absolute atomic E-state index is 0. The summed E-state index contributed by atoms with van der Waals surface area (Å²) in [5, 5.41) is 6.84. The first-order valence-corrected chi connectivity index (χ1v) is 9.80. The van der Waals surface area contributed by atoms with Crippen molar-refractivity contribution < 1.29 is 14.2 Å². The van der Waals surface area contributed by atoms with Crippen molar-refractivity contribution in [2.75, 3.05) is 47.1 Å². The molecular formula is C20H35IN4O3. The molecule has 8 heteroatoms. The van der Waals surface area contributed by atoms with Gasteiger partial charge in [-0.25, -0.2) is 9.98 Å². The van der Waals surface area contributed by atoms with E-state index in [4.69, 9.17) is 19.2 Å². The van der Waals surface area contributed by atoms with Gasteiger partial charge < -0.3 is 24.8 Å². The number of nitrogens with zero attached hydrogens (tertiary/aromatic N) is 2. The Kier molecular flexibility index (Phi) is 12.4. The highest BCUT2D eigenvalue weighted by atomic mass is 127. The third kappa shape index (κ3) is 8.08. The van der Waals surface area contributed by atoms with Gasteiger partial charge in [-0.1, -0.05) is 12.5 Å². The van der Waals surface area contributed by atoms with Gasteiger partial charge in [0, 0.05) is 45.7 Å². The molecule has 28 heavy (non-hydrogen) atoms. The van der Waals surface area contributed by atoms with Gasteiger partial charge in [0.15, 0.2) is 5.96 Å². The van der Waals surface area contributed by atoms with Gasteiger partial charge in [-0.05, 0) is 37.7 Å². The predicted molar refractivity (Wildman–Crippen MR) is 123 cm³/mol. The lowest BCUT2D eigenvalue weighted by Gasteiger charge is -2.42. The van der Waals surface area contributed by atoms with Crippen molar-refractivity contribution >= 4 is 29.9 Å². The van der Waals surface area contributed by atoms with Crippen LogP contribution in [0.25, 0.3) is 0 Å². The summed E-state index contributed by atoms with van der Waals surface area (Å²) >= 11 is 0. The summed E-state index contributed by atoms with van der Waals surface area (Å²) in [6.07, 6.45) is 6.63. The Morgan fingerprint density at radius 2 is 1.96 bits per heavy atom. The minimum Gasteiger partial charge on any atom is -0.475 e. The van der Waals surface area contributed by atoms with Gasteiger partial charge in [0.1, 0.15) is 6.61 Å². The second kappa shape index (κ2) is 13.9. The second-order valence-corrected chi connectivity index (χ2v) is 6.95. The van der Waals surface area contributed by atoms with Crippen LogP contribution in [0.5, 0.6) is 5.88 Å². The molecule has 0 aliphatic heterocycles. The van der Waals surface area contributed by atoms with E-state index in [0.717, 1.165) is 37.6 Å². The molecule has 1 aliphatic rings. The van der Waals surface area contributed by atoms with Crippen molar-refractivity contribution in [1.82, 2.24) is 15.6 Å². The first kappa shape index (κ1) is 24.9.